The SMILES string of the molecule is F.F.F.F.F.O=S(=O)(O)C(F)(F)F. The molecule has 0 aliphatic rings. The molecule has 0 unspecified atom stereocenters. The van der Waals surface area contributed by atoms with E-state index in [0.717, 1.165) is 0 Å². The maximum atomic E-state index is 10.7. The van der Waals surface area contributed by atoms with Gasteiger partial charge in [-0.1, -0.05) is 0 Å². The maximum Gasteiger partial charge on any atom is 0.522 e. The molecule has 12 heteroatoms. The third-order valence-electron chi connectivity index (χ3n) is 0.292. The molecule has 0 aromatic heterocycles. The fourth-order valence-corrected chi connectivity index (χ4v) is 0. The fraction of sp³-hybridized carbons (Fsp3) is 1.00. The van der Waals surface area contributed by atoms with Crippen LogP contribution in [-0.4, -0.2) is 18.5 Å². The van der Waals surface area contributed by atoms with Crippen LogP contribution in [0.4, 0.5) is 36.7 Å². The fourth-order valence-electron chi connectivity index (χ4n) is 0. The van der Waals surface area contributed by atoms with Crippen molar-refractivity contribution >= 4 is 10.1 Å². The number of hydrogen-bond donors (Lipinski definition) is 1. The van der Waals surface area contributed by atoms with Crippen molar-refractivity contribution in [3.8, 4) is 0 Å². The normalized spacial score (nSPS) is 8.62. The van der Waals surface area contributed by atoms with E-state index in [1.165, 1.54) is 0 Å². The van der Waals surface area contributed by atoms with Crippen LogP contribution < -0.4 is 0 Å². The highest BCUT2D eigenvalue weighted by molar-refractivity contribution is 7.86. The van der Waals surface area contributed by atoms with Crippen LogP contribution in [0, 0.1) is 0 Å². The largest absolute Gasteiger partial charge is 0.522 e. The van der Waals surface area contributed by atoms with Gasteiger partial charge in [0.05, 0.1) is 0 Å². The smallest absolute Gasteiger partial charge is 0.279 e. The van der Waals surface area contributed by atoms with Crippen molar-refractivity contribution in [3.05, 3.63) is 0 Å². The maximum absolute atomic E-state index is 10.7. The van der Waals surface area contributed by atoms with Gasteiger partial charge in [-0.2, -0.15) is 21.6 Å². The monoisotopic (exact) mass is 250 g/mol. The van der Waals surface area contributed by atoms with Crippen molar-refractivity contribution < 1.29 is 49.7 Å². The molecule has 0 aliphatic carbocycles. The van der Waals surface area contributed by atoms with Crippen LogP contribution in [0.1, 0.15) is 0 Å². The van der Waals surface area contributed by atoms with E-state index >= 15 is 0 Å². The second kappa shape index (κ2) is 9.44. The second-order valence-electron chi connectivity index (χ2n) is 0.921. The van der Waals surface area contributed by atoms with E-state index < -0.39 is 15.6 Å². The molecule has 0 saturated carbocycles. The van der Waals surface area contributed by atoms with Gasteiger partial charge in [0, 0.05) is 0 Å². The molecule has 0 fully saturated rings. The Labute approximate surface area is 66.5 Å². The van der Waals surface area contributed by atoms with Crippen LogP contribution in [0.2, 0.25) is 0 Å². The summed E-state index contributed by atoms with van der Waals surface area (Å²) in [6, 6.07) is 0. The molecule has 1 N–H and O–H groups in total. The quantitative estimate of drug-likeness (QED) is 0.398. The van der Waals surface area contributed by atoms with E-state index in [4.69, 9.17) is 13.0 Å². The number of rotatable bonds is 0. The van der Waals surface area contributed by atoms with Gasteiger partial charge in [-0.25, -0.2) is 0 Å². The standard InChI is InChI=1S/CHF3O3S.5FH/c2-1(3,4)8(5,6)7;;;;;/h(H,5,6,7);5*1H. The lowest BCUT2D eigenvalue weighted by Crippen LogP contribution is -2.21. The van der Waals surface area contributed by atoms with Gasteiger partial charge in [-0.3, -0.25) is 28.1 Å². The number of hydrogen-bond acceptors (Lipinski definition) is 2. The molecule has 0 spiro atoms. The first-order valence-corrected chi connectivity index (χ1v) is 2.73. The molecule has 0 amide bonds. The Kier molecular flexibility index (Phi) is 28.6. The minimum Gasteiger partial charge on any atom is -0.279 e. The van der Waals surface area contributed by atoms with Crippen molar-refractivity contribution in [2.75, 3.05) is 0 Å². The zero-order chi connectivity index (χ0) is 7.00. The highest BCUT2D eigenvalue weighted by atomic mass is 32.2. The molecule has 0 aliphatic heterocycles. The van der Waals surface area contributed by atoms with E-state index in [1.54, 1.807) is 0 Å². The summed E-state index contributed by atoms with van der Waals surface area (Å²) < 4.78 is 57.5. The van der Waals surface area contributed by atoms with Crippen LogP contribution in [0.15, 0.2) is 0 Å². The molecule has 0 heterocycles. The zero-order valence-electron chi connectivity index (χ0n) is 5.35. The first-order chi connectivity index (χ1) is 3.25. The molecule has 3 nitrogen and oxygen atoms in total. The summed E-state index contributed by atoms with van der Waals surface area (Å²) in [6.45, 7) is 0. The van der Waals surface area contributed by atoms with Crippen molar-refractivity contribution in [1.82, 2.24) is 0 Å². The van der Waals surface area contributed by atoms with Gasteiger partial charge in [0.25, 0.3) is 0 Å². The molecule has 13 heavy (non-hydrogen) atoms. The Balaban J connectivity index is -0.0000000245. The Morgan fingerprint density at radius 1 is 0.846 bits per heavy atom. The summed E-state index contributed by atoms with van der Waals surface area (Å²) in [5, 5.41) is 0. The summed E-state index contributed by atoms with van der Waals surface area (Å²) in [5.41, 5.74) is -5.53. The molecule has 0 rings (SSSR count). The second-order valence-corrected chi connectivity index (χ2v) is 2.33. The predicted octanol–water partition coefficient (Wildman–Crippen LogP) is 1.16. The summed E-state index contributed by atoms with van der Waals surface area (Å²) in [4.78, 5) is 0. The van der Waals surface area contributed by atoms with Gasteiger partial charge in [-0.15, -0.1) is 0 Å². The first-order valence-electron chi connectivity index (χ1n) is 1.29. The highest BCUT2D eigenvalue weighted by Gasteiger charge is 2.44. The Morgan fingerprint density at radius 3 is 0.923 bits per heavy atom. The summed E-state index contributed by atoms with van der Waals surface area (Å²) in [6.07, 6.45) is 0. The van der Waals surface area contributed by atoms with Crippen molar-refractivity contribution in [2.45, 2.75) is 5.51 Å². The predicted molar refractivity (Wildman–Crippen MR) is 30.1 cm³/mol. The van der Waals surface area contributed by atoms with Crippen molar-refractivity contribution in [2.24, 2.45) is 0 Å². The van der Waals surface area contributed by atoms with Crippen LogP contribution >= 0.6 is 0 Å². The zero-order valence-corrected chi connectivity index (χ0v) is 6.16. The molecular weight excluding hydrogens is 244 g/mol. The molecule has 0 radical (unpaired) electrons. The lowest BCUT2D eigenvalue weighted by molar-refractivity contribution is -0.0510. The van der Waals surface area contributed by atoms with E-state index in [0.29, 0.717) is 0 Å². The van der Waals surface area contributed by atoms with Crippen LogP contribution in [-0.2, 0) is 10.1 Å². The summed E-state index contributed by atoms with van der Waals surface area (Å²) in [5.74, 6) is 0. The minimum absolute atomic E-state index is 0. The Bertz CT molecular complexity index is 168. The van der Waals surface area contributed by atoms with Crippen molar-refractivity contribution in [3.63, 3.8) is 0 Å². The van der Waals surface area contributed by atoms with Crippen molar-refractivity contribution in [1.29, 1.82) is 0 Å². The summed E-state index contributed by atoms with van der Waals surface area (Å²) in [7, 11) is -5.84. The van der Waals surface area contributed by atoms with Gasteiger partial charge in [0.1, 0.15) is 0 Å². The van der Waals surface area contributed by atoms with Crippen LogP contribution in [0.25, 0.3) is 0 Å². The Hall–Kier alpha value is -0.650. The molecule has 0 aromatic rings. The van der Waals surface area contributed by atoms with Gasteiger partial charge < -0.3 is 0 Å². The Morgan fingerprint density at radius 2 is 0.923 bits per heavy atom. The van der Waals surface area contributed by atoms with Crippen LogP contribution in [0.3, 0.4) is 0 Å². The molecule has 0 bridgehead atoms. The molecule has 0 aromatic carbocycles. The lowest BCUT2D eigenvalue weighted by atomic mass is 11.6. The van der Waals surface area contributed by atoms with E-state index in [-0.39, 0.29) is 23.5 Å². The molecule has 0 saturated heterocycles. The van der Waals surface area contributed by atoms with E-state index in [2.05, 4.69) is 0 Å². The third kappa shape index (κ3) is 14.2. The summed E-state index contributed by atoms with van der Waals surface area (Å²) >= 11 is 0. The topological polar surface area (TPSA) is 54.4 Å². The highest BCUT2D eigenvalue weighted by Crippen LogP contribution is 2.20. The van der Waals surface area contributed by atoms with Crippen LogP contribution in [0.5, 0.6) is 0 Å². The number of alkyl halides is 3. The van der Waals surface area contributed by atoms with E-state index in [9.17, 15) is 13.2 Å². The number of halogens is 8. The lowest BCUT2D eigenvalue weighted by Gasteiger charge is -1.97. The molecule has 0 atom stereocenters. The first kappa shape index (κ1) is 39.5. The molecular formula is CH6F8O3S. The average molecular weight is 250 g/mol. The van der Waals surface area contributed by atoms with Gasteiger partial charge in [0.15, 0.2) is 0 Å². The van der Waals surface area contributed by atoms with Gasteiger partial charge >= 0.3 is 15.6 Å². The third-order valence-corrected chi connectivity index (χ3v) is 0.877. The molecule has 90 valence electrons. The van der Waals surface area contributed by atoms with Gasteiger partial charge in [0.2, 0.25) is 0 Å². The minimum atomic E-state index is -5.84. The van der Waals surface area contributed by atoms with Gasteiger partial charge in [-0.05, 0) is 0 Å². The average Bonchev–Trinajstić information content (AvgIpc) is 1.25. The van der Waals surface area contributed by atoms with E-state index in [1.807, 2.05) is 0 Å².